The third kappa shape index (κ3) is 1.71. The third-order valence-corrected chi connectivity index (χ3v) is 4.65. The van der Waals surface area contributed by atoms with E-state index in [0.29, 0.717) is 17.9 Å². The van der Waals surface area contributed by atoms with Gasteiger partial charge in [-0.1, -0.05) is 27.2 Å². The van der Waals surface area contributed by atoms with Crippen LogP contribution in [-0.4, -0.2) is 22.7 Å². The zero-order valence-corrected chi connectivity index (χ0v) is 11.1. The highest BCUT2D eigenvalue weighted by Gasteiger charge is 2.47. The summed E-state index contributed by atoms with van der Waals surface area (Å²) in [5.74, 6) is 1.25. The largest absolute Gasteiger partial charge is 0.273 e. The molecule has 0 spiro atoms. The first-order valence-electron chi connectivity index (χ1n) is 6.88. The van der Waals surface area contributed by atoms with Crippen LogP contribution in [0, 0.1) is 17.3 Å². The van der Waals surface area contributed by atoms with Crippen molar-refractivity contribution in [1.29, 1.82) is 0 Å². The Bertz CT molecular complexity index is 380. The van der Waals surface area contributed by atoms with E-state index in [2.05, 4.69) is 25.9 Å². The lowest BCUT2D eigenvalue weighted by atomic mass is 9.81. The first-order valence-corrected chi connectivity index (χ1v) is 6.88. The van der Waals surface area contributed by atoms with Crippen molar-refractivity contribution >= 4 is 11.6 Å². The molecule has 0 aromatic carbocycles. The molecule has 94 valence electrons. The van der Waals surface area contributed by atoms with Crippen molar-refractivity contribution in [3.05, 3.63) is 0 Å². The van der Waals surface area contributed by atoms with Gasteiger partial charge in [0.2, 0.25) is 5.91 Å². The van der Waals surface area contributed by atoms with Crippen molar-refractivity contribution < 1.29 is 4.79 Å². The number of nitrogens with zero attached hydrogens (tertiary/aromatic N) is 2. The van der Waals surface area contributed by atoms with Crippen molar-refractivity contribution in [1.82, 2.24) is 5.01 Å². The summed E-state index contributed by atoms with van der Waals surface area (Å²) in [4.78, 5) is 12.4. The number of carbonyl (C=O) groups is 1. The highest BCUT2D eigenvalue weighted by molar-refractivity contribution is 5.94. The molecule has 0 radical (unpaired) electrons. The minimum Gasteiger partial charge on any atom is -0.273 e. The van der Waals surface area contributed by atoms with Crippen LogP contribution in [0.1, 0.15) is 52.9 Å². The summed E-state index contributed by atoms with van der Waals surface area (Å²) in [7, 11) is 0. The minimum atomic E-state index is 0.104. The van der Waals surface area contributed by atoms with Gasteiger partial charge in [-0.25, -0.2) is 5.01 Å². The Hall–Kier alpha value is -0.860. The lowest BCUT2D eigenvalue weighted by Gasteiger charge is -2.34. The highest BCUT2D eigenvalue weighted by Crippen LogP contribution is 2.44. The van der Waals surface area contributed by atoms with E-state index in [9.17, 15) is 4.79 Å². The summed E-state index contributed by atoms with van der Waals surface area (Å²) in [6.07, 6.45) is 5.76. The number of carbonyl (C=O) groups excluding carboxylic acids is 1. The van der Waals surface area contributed by atoms with E-state index < -0.39 is 0 Å². The Morgan fingerprint density at radius 3 is 2.76 bits per heavy atom. The van der Waals surface area contributed by atoms with Gasteiger partial charge in [-0.3, -0.25) is 4.79 Å². The van der Waals surface area contributed by atoms with Crippen molar-refractivity contribution in [2.45, 2.75) is 58.9 Å². The van der Waals surface area contributed by atoms with Crippen molar-refractivity contribution in [3.63, 3.8) is 0 Å². The van der Waals surface area contributed by atoms with E-state index >= 15 is 0 Å². The molecule has 3 aliphatic rings. The van der Waals surface area contributed by atoms with Crippen LogP contribution in [0.2, 0.25) is 0 Å². The summed E-state index contributed by atoms with van der Waals surface area (Å²) >= 11 is 0. The monoisotopic (exact) mass is 234 g/mol. The average molecular weight is 234 g/mol. The molecule has 3 atom stereocenters. The van der Waals surface area contributed by atoms with E-state index in [1.807, 2.05) is 5.01 Å². The van der Waals surface area contributed by atoms with Gasteiger partial charge in [0.05, 0.1) is 6.04 Å². The Morgan fingerprint density at radius 1 is 1.29 bits per heavy atom. The van der Waals surface area contributed by atoms with Gasteiger partial charge in [0.1, 0.15) is 0 Å². The van der Waals surface area contributed by atoms with Gasteiger partial charge in [0, 0.05) is 23.5 Å². The second-order valence-electron chi connectivity index (χ2n) is 6.87. The quantitative estimate of drug-likeness (QED) is 0.634. The first kappa shape index (κ1) is 11.2. The SMILES string of the molecule is CC(C)(C)C1=NN2C(=O)C3CCCC3CC2C1. The molecule has 1 aliphatic carbocycles. The van der Waals surface area contributed by atoms with Crippen LogP contribution in [-0.2, 0) is 4.79 Å². The molecule has 3 rings (SSSR count). The molecule has 1 amide bonds. The summed E-state index contributed by atoms with van der Waals surface area (Å²) in [5, 5.41) is 6.45. The maximum atomic E-state index is 12.4. The molecule has 1 saturated heterocycles. The maximum absolute atomic E-state index is 12.4. The van der Waals surface area contributed by atoms with E-state index in [1.54, 1.807) is 0 Å². The molecule has 2 fully saturated rings. The van der Waals surface area contributed by atoms with Crippen LogP contribution in [0.25, 0.3) is 0 Å². The Balaban J connectivity index is 1.85. The first-order chi connectivity index (χ1) is 7.97. The molecule has 17 heavy (non-hydrogen) atoms. The second-order valence-corrected chi connectivity index (χ2v) is 6.87. The van der Waals surface area contributed by atoms with E-state index in [4.69, 9.17) is 0 Å². The maximum Gasteiger partial charge on any atom is 0.246 e. The van der Waals surface area contributed by atoms with Crippen molar-refractivity contribution in [3.8, 4) is 0 Å². The summed E-state index contributed by atoms with van der Waals surface area (Å²) in [6.45, 7) is 6.57. The van der Waals surface area contributed by atoms with Gasteiger partial charge < -0.3 is 0 Å². The molecule has 0 aromatic rings. The van der Waals surface area contributed by atoms with Crippen LogP contribution in [0.5, 0.6) is 0 Å². The van der Waals surface area contributed by atoms with Crippen LogP contribution in [0.3, 0.4) is 0 Å². The van der Waals surface area contributed by atoms with Gasteiger partial charge in [0.25, 0.3) is 0 Å². The summed E-state index contributed by atoms with van der Waals surface area (Å²) in [5.41, 5.74) is 1.31. The molecule has 0 aromatic heterocycles. The molecule has 2 heterocycles. The van der Waals surface area contributed by atoms with Crippen LogP contribution < -0.4 is 0 Å². The third-order valence-electron chi connectivity index (χ3n) is 4.65. The summed E-state index contributed by atoms with van der Waals surface area (Å²) in [6, 6.07) is 0.371. The predicted molar refractivity (Wildman–Crippen MR) is 67.6 cm³/mol. The zero-order chi connectivity index (χ0) is 12.2. The van der Waals surface area contributed by atoms with Gasteiger partial charge in [-0.15, -0.1) is 0 Å². The number of hydrogen-bond donors (Lipinski definition) is 0. The molecule has 2 aliphatic heterocycles. The van der Waals surface area contributed by atoms with Crippen LogP contribution >= 0.6 is 0 Å². The standard InChI is InChI=1S/C14H22N2O/c1-14(2,3)12-8-10-7-9-5-4-6-11(9)13(17)16(10)15-12/h9-11H,4-8H2,1-3H3. The topological polar surface area (TPSA) is 32.7 Å². The van der Waals surface area contributed by atoms with Crippen LogP contribution in [0.4, 0.5) is 0 Å². The molecule has 0 N–H and O–H groups in total. The fourth-order valence-corrected chi connectivity index (χ4v) is 3.59. The zero-order valence-electron chi connectivity index (χ0n) is 11.1. The second kappa shape index (κ2) is 3.56. The van der Waals surface area contributed by atoms with Crippen LogP contribution in [0.15, 0.2) is 5.10 Å². The lowest BCUT2D eigenvalue weighted by Crippen LogP contribution is -2.45. The molecule has 3 nitrogen and oxygen atoms in total. The number of piperidine rings is 1. The molecule has 1 saturated carbocycles. The smallest absolute Gasteiger partial charge is 0.246 e. The molecule has 3 heteroatoms. The van der Waals surface area contributed by atoms with Gasteiger partial charge in [-0.2, -0.15) is 5.10 Å². The Kier molecular flexibility index (Phi) is 2.36. The highest BCUT2D eigenvalue weighted by atomic mass is 16.2. The van der Waals surface area contributed by atoms with E-state index in [1.165, 1.54) is 25.0 Å². The number of fused-ring (bicyclic) bond motifs is 2. The summed E-state index contributed by atoms with van der Waals surface area (Å²) < 4.78 is 0. The Morgan fingerprint density at radius 2 is 2.06 bits per heavy atom. The Labute approximate surface area is 103 Å². The van der Waals surface area contributed by atoms with E-state index in [0.717, 1.165) is 12.8 Å². The van der Waals surface area contributed by atoms with Crippen molar-refractivity contribution in [2.24, 2.45) is 22.4 Å². The van der Waals surface area contributed by atoms with E-state index in [-0.39, 0.29) is 11.3 Å². The fraction of sp³-hybridized carbons (Fsp3) is 0.857. The fourth-order valence-electron chi connectivity index (χ4n) is 3.59. The molecule has 3 unspecified atom stereocenters. The lowest BCUT2D eigenvalue weighted by molar-refractivity contribution is -0.142. The normalized spacial score (nSPS) is 36.9. The number of hydrazone groups is 1. The number of amides is 1. The number of rotatable bonds is 0. The van der Waals surface area contributed by atoms with Gasteiger partial charge in [-0.05, 0) is 25.2 Å². The molecule has 0 bridgehead atoms. The molecular weight excluding hydrogens is 212 g/mol. The average Bonchev–Trinajstić information content (AvgIpc) is 2.82. The molecular formula is C14H22N2O. The van der Waals surface area contributed by atoms with Crippen molar-refractivity contribution in [2.75, 3.05) is 0 Å². The van der Waals surface area contributed by atoms with Gasteiger partial charge in [0.15, 0.2) is 0 Å². The predicted octanol–water partition coefficient (Wildman–Crippen LogP) is 2.81. The number of hydrogen-bond acceptors (Lipinski definition) is 2. The minimum absolute atomic E-state index is 0.104. The van der Waals surface area contributed by atoms with Gasteiger partial charge >= 0.3 is 0 Å².